The second-order valence-electron chi connectivity index (χ2n) is 4.42. The largest absolute Gasteiger partial charge is 0.471 e. The van der Waals surface area contributed by atoms with E-state index in [-0.39, 0.29) is 0 Å². The second-order valence-corrected chi connectivity index (χ2v) is 4.42. The highest BCUT2D eigenvalue weighted by atomic mass is 19.4. The maximum Gasteiger partial charge on any atom is 0.471 e. The van der Waals surface area contributed by atoms with Crippen LogP contribution in [-0.2, 0) is 9.59 Å². The molecule has 20 heavy (non-hydrogen) atoms. The number of halogens is 3. The summed E-state index contributed by atoms with van der Waals surface area (Å²) in [5, 5.41) is 4.08. The van der Waals surface area contributed by atoms with Gasteiger partial charge < -0.3 is 10.6 Å². The van der Waals surface area contributed by atoms with Gasteiger partial charge in [0.05, 0.1) is 11.9 Å². The Morgan fingerprint density at radius 3 is 2.40 bits per heavy atom. The highest BCUT2D eigenvalue weighted by Gasteiger charge is 2.41. The van der Waals surface area contributed by atoms with Gasteiger partial charge in [0.15, 0.2) is 0 Å². The van der Waals surface area contributed by atoms with E-state index in [1.807, 2.05) is 0 Å². The third-order valence-electron chi connectivity index (χ3n) is 2.42. The first kappa shape index (κ1) is 15.9. The van der Waals surface area contributed by atoms with Crippen LogP contribution in [0.15, 0.2) is 24.5 Å². The van der Waals surface area contributed by atoms with Crippen molar-refractivity contribution in [3.05, 3.63) is 24.5 Å². The normalized spacial score (nSPS) is 12.9. The van der Waals surface area contributed by atoms with Crippen LogP contribution >= 0.6 is 0 Å². The molecule has 0 bridgehead atoms. The SMILES string of the molecule is CC(C)[C@H](NC(=O)C(F)(F)F)C(=O)Nc1cccnc1. The summed E-state index contributed by atoms with van der Waals surface area (Å²) in [6, 6.07) is 1.81. The van der Waals surface area contributed by atoms with Gasteiger partial charge >= 0.3 is 12.1 Å². The smallest absolute Gasteiger partial charge is 0.336 e. The van der Waals surface area contributed by atoms with Gasteiger partial charge in [-0.1, -0.05) is 13.8 Å². The molecule has 5 nitrogen and oxygen atoms in total. The molecule has 0 aliphatic heterocycles. The summed E-state index contributed by atoms with van der Waals surface area (Å²) in [7, 11) is 0. The number of amides is 2. The van der Waals surface area contributed by atoms with E-state index in [2.05, 4.69) is 10.3 Å². The fourth-order valence-electron chi connectivity index (χ4n) is 1.41. The standard InChI is InChI=1S/C12H14F3N3O2/c1-7(2)9(18-11(20)12(13,14)15)10(19)17-8-4-3-5-16-6-8/h3-7,9H,1-2H3,(H,17,19)(H,18,20)/t9-/m0/s1. The van der Waals surface area contributed by atoms with Crippen molar-refractivity contribution in [2.75, 3.05) is 5.32 Å². The molecule has 0 aromatic carbocycles. The van der Waals surface area contributed by atoms with E-state index in [1.165, 1.54) is 32.3 Å². The molecule has 2 amide bonds. The van der Waals surface area contributed by atoms with E-state index in [0.29, 0.717) is 5.69 Å². The minimum absolute atomic E-state index is 0.337. The van der Waals surface area contributed by atoms with Crippen LogP contribution in [0.2, 0.25) is 0 Å². The Balaban J connectivity index is 2.76. The van der Waals surface area contributed by atoms with Gasteiger partial charge in [-0.2, -0.15) is 13.2 Å². The number of carbonyl (C=O) groups is 2. The van der Waals surface area contributed by atoms with Gasteiger partial charge in [0, 0.05) is 6.20 Å². The molecule has 0 radical (unpaired) electrons. The van der Waals surface area contributed by atoms with E-state index in [9.17, 15) is 22.8 Å². The van der Waals surface area contributed by atoms with E-state index >= 15 is 0 Å². The molecule has 1 rings (SSSR count). The van der Waals surface area contributed by atoms with Crippen molar-refractivity contribution in [2.45, 2.75) is 26.1 Å². The number of nitrogens with one attached hydrogen (secondary N) is 2. The number of pyridine rings is 1. The summed E-state index contributed by atoms with van der Waals surface area (Å²) < 4.78 is 36.6. The van der Waals surface area contributed by atoms with Crippen molar-refractivity contribution in [2.24, 2.45) is 5.92 Å². The van der Waals surface area contributed by atoms with Crippen molar-refractivity contribution >= 4 is 17.5 Å². The van der Waals surface area contributed by atoms with Crippen LogP contribution in [-0.4, -0.2) is 29.0 Å². The predicted octanol–water partition coefficient (Wildman–Crippen LogP) is 1.72. The molecule has 0 saturated heterocycles. The molecular formula is C12H14F3N3O2. The summed E-state index contributed by atoms with van der Waals surface area (Å²) in [6.45, 7) is 3.06. The third kappa shape index (κ3) is 4.52. The zero-order valence-corrected chi connectivity index (χ0v) is 10.9. The number of rotatable bonds is 4. The van der Waals surface area contributed by atoms with Crippen molar-refractivity contribution in [1.82, 2.24) is 10.3 Å². The topological polar surface area (TPSA) is 71.1 Å². The molecule has 0 spiro atoms. The zero-order valence-electron chi connectivity index (χ0n) is 10.9. The number of anilines is 1. The number of hydrogen-bond donors (Lipinski definition) is 2. The highest BCUT2D eigenvalue weighted by molar-refractivity contribution is 5.97. The Morgan fingerprint density at radius 1 is 1.30 bits per heavy atom. The fourth-order valence-corrected chi connectivity index (χ4v) is 1.41. The maximum absolute atomic E-state index is 12.2. The summed E-state index contributed by atoms with van der Waals surface area (Å²) in [6.07, 6.45) is -2.19. The molecule has 1 aromatic heterocycles. The second kappa shape index (κ2) is 6.36. The van der Waals surface area contributed by atoms with Crippen LogP contribution in [0.1, 0.15) is 13.8 Å². The Hall–Kier alpha value is -2.12. The first-order chi connectivity index (χ1) is 9.21. The van der Waals surface area contributed by atoms with Crippen LogP contribution < -0.4 is 10.6 Å². The molecule has 1 heterocycles. The summed E-state index contributed by atoms with van der Waals surface area (Å²) in [4.78, 5) is 26.6. The zero-order chi connectivity index (χ0) is 15.3. The highest BCUT2D eigenvalue weighted by Crippen LogP contribution is 2.16. The maximum atomic E-state index is 12.2. The Morgan fingerprint density at radius 2 is 1.95 bits per heavy atom. The van der Waals surface area contributed by atoms with Gasteiger partial charge in [-0.05, 0) is 18.1 Å². The Labute approximate surface area is 113 Å². The van der Waals surface area contributed by atoms with Crippen LogP contribution in [0.25, 0.3) is 0 Å². The number of nitrogens with zero attached hydrogens (tertiary/aromatic N) is 1. The lowest BCUT2D eigenvalue weighted by molar-refractivity contribution is -0.175. The lowest BCUT2D eigenvalue weighted by atomic mass is 10.0. The molecule has 0 unspecified atom stereocenters. The average molecular weight is 289 g/mol. The monoisotopic (exact) mass is 289 g/mol. The van der Waals surface area contributed by atoms with Crippen molar-refractivity contribution in [3.8, 4) is 0 Å². The summed E-state index contributed by atoms with van der Waals surface area (Å²) in [5.74, 6) is -3.37. The molecule has 8 heteroatoms. The average Bonchev–Trinajstić information content (AvgIpc) is 2.35. The molecule has 0 aliphatic rings. The minimum atomic E-state index is -5.03. The third-order valence-corrected chi connectivity index (χ3v) is 2.42. The number of aromatic nitrogens is 1. The summed E-state index contributed by atoms with van der Waals surface area (Å²) >= 11 is 0. The van der Waals surface area contributed by atoms with Crippen LogP contribution in [0.5, 0.6) is 0 Å². The van der Waals surface area contributed by atoms with Gasteiger partial charge in [-0.25, -0.2) is 0 Å². The van der Waals surface area contributed by atoms with Crippen LogP contribution in [0.4, 0.5) is 18.9 Å². The van der Waals surface area contributed by atoms with Crippen LogP contribution in [0, 0.1) is 5.92 Å². The minimum Gasteiger partial charge on any atom is -0.336 e. The van der Waals surface area contributed by atoms with Gasteiger partial charge in [0.25, 0.3) is 0 Å². The fraction of sp³-hybridized carbons (Fsp3) is 0.417. The van der Waals surface area contributed by atoms with Gasteiger partial charge in [0.2, 0.25) is 5.91 Å². The van der Waals surface area contributed by atoms with Crippen molar-refractivity contribution in [3.63, 3.8) is 0 Å². The molecule has 1 aromatic rings. The van der Waals surface area contributed by atoms with Crippen molar-refractivity contribution in [1.29, 1.82) is 0 Å². The molecule has 110 valence electrons. The number of hydrogen-bond acceptors (Lipinski definition) is 3. The van der Waals surface area contributed by atoms with Crippen molar-refractivity contribution < 1.29 is 22.8 Å². The molecule has 2 N–H and O–H groups in total. The van der Waals surface area contributed by atoms with E-state index in [4.69, 9.17) is 0 Å². The Kier molecular flexibility index (Phi) is 5.06. The first-order valence-corrected chi connectivity index (χ1v) is 5.80. The quantitative estimate of drug-likeness (QED) is 0.886. The predicted molar refractivity (Wildman–Crippen MR) is 65.7 cm³/mol. The number of carbonyl (C=O) groups excluding carboxylic acids is 2. The van der Waals surface area contributed by atoms with Gasteiger partial charge in [0.1, 0.15) is 6.04 Å². The van der Waals surface area contributed by atoms with Crippen LogP contribution in [0.3, 0.4) is 0 Å². The first-order valence-electron chi connectivity index (χ1n) is 5.80. The molecular weight excluding hydrogens is 275 g/mol. The van der Waals surface area contributed by atoms with E-state index in [1.54, 1.807) is 11.4 Å². The van der Waals surface area contributed by atoms with E-state index < -0.39 is 30.0 Å². The Bertz CT molecular complexity index is 475. The number of alkyl halides is 3. The van der Waals surface area contributed by atoms with Gasteiger partial charge in [-0.3, -0.25) is 14.6 Å². The molecule has 0 aliphatic carbocycles. The lowest BCUT2D eigenvalue weighted by Gasteiger charge is -2.22. The molecule has 1 atom stereocenters. The molecule has 0 fully saturated rings. The summed E-state index contributed by atoms with van der Waals surface area (Å²) in [5.41, 5.74) is 0.337. The van der Waals surface area contributed by atoms with Gasteiger partial charge in [-0.15, -0.1) is 0 Å². The lowest BCUT2D eigenvalue weighted by Crippen LogP contribution is -2.51. The molecule has 0 saturated carbocycles. The van der Waals surface area contributed by atoms with E-state index in [0.717, 1.165) is 0 Å².